The minimum atomic E-state index is -4.42. The zero-order valence-electron chi connectivity index (χ0n) is 22.2. The number of amides is 1. The number of aryl methyl sites for hydroxylation is 1. The highest BCUT2D eigenvalue weighted by Gasteiger charge is 2.30. The standard InChI is InChI=1S/C29H31F3N4O3/c1-20(22-6-5-7-23(16-22)29(30,31)32)10-11-34(3)19-28(37)36-14-12-35(13-15-36)24-8-9-25(26(17-24)38-4)27-18-33-21(2)39-27/h5-11,16-18H,1,12-15,19H2,2-4H3/b11-10-. The lowest BCUT2D eigenvalue weighted by Crippen LogP contribution is -2.50. The van der Waals surface area contributed by atoms with Crippen LogP contribution in [0.2, 0.25) is 0 Å². The van der Waals surface area contributed by atoms with Crippen molar-refractivity contribution < 1.29 is 27.1 Å². The molecule has 1 aromatic heterocycles. The number of alkyl halides is 3. The number of benzene rings is 2. The van der Waals surface area contributed by atoms with Gasteiger partial charge in [-0.25, -0.2) is 4.98 Å². The maximum absolute atomic E-state index is 13.0. The van der Waals surface area contributed by atoms with Crippen LogP contribution in [0.25, 0.3) is 16.9 Å². The fourth-order valence-electron chi connectivity index (χ4n) is 4.35. The SMILES string of the molecule is C=C(/C=C\N(C)CC(=O)N1CCN(c2ccc(-c3cnc(C)o3)c(OC)c2)CC1)c1cccc(C(F)(F)F)c1. The van der Waals surface area contributed by atoms with Gasteiger partial charge in [0.1, 0.15) is 5.75 Å². The Morgan fingerprint density at radius 2 is 1.92 bits per heavy atom. The number of carbonyl (C=O) groups excluding carboxylic acids is 1. The van der Waals surface area contributed by atoms with E-state index >= 15 is 0 Å². The quantitative estimate of drug-likeness (QED) is 0.353. The number of piperazine rings is 1. The average Bonchev–Trinajstić information content (AvgIpc) is 3.36. The molecule has 0 spiro atoms. The summed E-state index contributed by atoms with van der Waals surface area (Å²) in [6.07, 6.45) is 0.517. The molecule has 1 aliphatic heterocycles. The van der Waals surface area contributed by atoms with Gasteiger partial charge >= 0.3 is 6.18 Å². The number of carbonyl (C=O) groups is 1. The van der Waals surface area contributed by atoms with E-state index in [0.717, 1.165) is 23.4 Å². The van der Waals surface area contributed by atoms with E-state index in [4.69, 9.17) is 9.15 Å². The van der Waals surface area contributed by atoms with Crippen molar-refractivity contribution in [2.45, 2.75) is 13.1 Å². The first-order valence-corrected chi connectivity index (χ1v) is 12.4. The Labute approximate surface area is 225 Å². The van der Waals surface area contributed by atoms with Crippen LogP contribution in [0.4, 0.5) is 18.9 Å². The Morgan fingerprint density at radius 3 is 2.56 bits per heavy atom. The molecular weight excluding hydrogens is 509 g/mol. The van der Waals surface area contributed by atoms with E-state index in [9.17, 15) is 18.0 Å². The number of ether oxygens (including phenoxy) is 1. The molecule has 0 bridgehead atoms. The molecular formula is C29H31F3N4O3. The number of likely N-dealkylation sites (N-methyl/N-ethyl adjacent to an activating group) is 1. The van der Waals surface area contributed by atoms with Crippen molar-refractivity contribution in [3.8, 4) is 17.1 Å². The number of allylic oxidation sites excluding steroid dienone is 2. The first-order chi connectivity index (χ1) is 18.5. The summed E-state index contributed by atoms with van der Waals surface area (Å²) < 4.78 is 50.2. The number of hydrogen-bond donors (Lipinski definition) is 0. The van der Waals surface area contributed by atoms with Gasteiger partial charge in [-0.3, -0.25) is 4.79 Å². The molecule has 3 aromatic rings. The highest BCUT2D eigenvalue weighted by molar-refractivity contribution is 5.79. The number of nitrogens with zero attached hydrogens (tertiary/aromatic N) is 4. The minimum Gasteiger partial charge on any atom is -0.496 e. The molecule has 10 heteroatoms. The minimum absolute atomic E-state index is 0.0277. The summed E-state index contributed by atoms with van der Waals surface area (Å²) in [5, 5.41) is 0. The molecule has 0 atom stereocenters. The molecule has 0 radical (unpaired) electrons. The van der Waals surface area contributed by atoms with E-state index in [1.54, 1.807) is 50.5 Å². The van der Waals surface area contributed by atoms with Crippen LogP contribution in [-0.4, -0.2) is 67.6 Å². The third kappa shape index (κ3) is 6.81. The first kappa shape index (κ1) is 27.8. The van der Waals surface area contributed by atoms with Gasteiger partial charge in [0.15, 0.2) is 11.7 Å². The number of methoxy groups -OCH3 is 1. The Hall–Kier alpha value is -4.21. The second kappa shape index (κ2) is 11.7. The molecule has 206 valence electrons. The largest absolute Gasteiger partial charge is 0.496 e. The van der Waals surface area contributed by atoms with Crippen LogP contribution in [0, 0.1) is 6.92 Å². The predicted octanol–water partition coefficient (Wildman–Crippen LogP) is 5.48. The van der Waals surface area contributed by atoms with Crippen LogP contribution < -0.4 is 9.64 Å². The lowest BCUT2D eigenvalue weighted by Gasteiger charge is -2.36. The molecule has 0 unspecified atom stereocenters. The summed E-state index contributed by atoms with van der Waals surface area (Å²) in [5.41, 5.74) is 1.89. The lowest BCUT2D eigenvalue weighted by atomic mass is 10.0. The molecule has 2 aromatic carbocycles. The van der Waals surface area contributed by atoms with Gasteiger partial charge in [0, 0.05) is 51.9 Å². The maximum Gasteiger partial charge on any atom is 0.416 e. The third-order valence-corrected chi connectivity index (χ3v) is 6.54. The highest BCUT2D eigenvalue weighted by Crippen LogP contribution is 2.34. The Bertz CT molecular complexity index is 1360. The molecule has 1 fully saturated rings. The molecule has 0 saturated carbocycles. The van der Waals surface area contributed by atoms with Crippen molar-refractivity contribution >= 4 is 17.2 Å². The number of anilines is 1. The van der Waals surface area contributed by atoms with Gasteiger partial charge in [-0.2, -0.15) is 13.2 Å². The van der Waals surface area contributed by atoms with E-state index in [2.05, 4.69) is 16.5 Å². The van der Waals surface area contributed by atoms with Crippen molar-refractivity contribution in [1.82, 2.24) is 14.8 Å². The lowest BCUT2D eigenvalue weighted by molar-refractivity contribution is -0.137. The van der Waals surface area contributed by atoms with Crippen molar-refractivity contribution in [3.05, 3.63) is 84.5 Å². The topological polar surface area (TPSA) is 62.1 Å². The molecule has 39 heavy (non-hydrogen) atoms. The van der Waals surface area contributed by atoms with Crippen LogP contribution in [-0.2, 0) is 11.0 Å². The smallest absolute Gasteiger partial charge is 0.416 e. The van der Waals surface area contributed by atoms with Crippen molar-refractivity contribution in [3.63, 3.8) is 0 Å². The summed E-state index contributed by atoms with van der Waals surface area (Å²) >= 11 is 0. The normalized spacial score (nSPS) is 14.1. The Balaban J connectivity index is 1.30. The highest BCUT2D eigenvalue weighted by atomic mass is 19.4. The van der Waals surface area contributed by atoms with E-state index in [-0.39, 0.29) is 12.5 Å². The van der Waals surface area contributed by atoms with Gasteiger partial charge < -0.3 is 23.9 Å². The van der Waals surface area contributed by atoms with Gasteiger partial charge in [-0.1, -0.05) is 18.7 Å². The fourth-order valence-corrected chi connectivity index (χ4v) is 4.35. The van der Waals surface area contributed by atoms with Crippen LogP contribution in [0.1, 0.15) is 17.0 Å². The third-order valence-electron chi connectivity index (χ3n) is 6.54. The molecule has 7 nitrogen and oxygen atoms in total. The molecule has 4 rings (SSSR count). The summed E-state index contributed by atoms with van der Waals surface area (Å²) in [5.74, 6) is 1.88. The van der Waals surface area contributed by atoms with Gasteiger partial charge in [-0.15, -0.1) is 0 Å². The zero-order valence-corrected chi connectivity index (χ0v) is 22.2. The molecule has 0 N–H and O–H groups in total. The molecule has 1 saturated heterocycles. The number of oxazole rings is 1. The molecule has 0 aliphatic carbocycles. The van der Waals surface area contributed by atoms with Crippen molar-refractivity contribution in [2.24, 2.45) is 0 Å². The second-order valence-corrected chi connectivity index (χ2v) is 9.33. The summed E-state index contributed by atoms with van der Waals surface area (Å²) in [6.45, 7) is 8.27. The van der Waals surface area contributed by atoms with E-state index < -0.39 is 11.7 Å². The van der Waals surface area contributed by atoms with Crippen molar-refractivity contribution in [1.29, 1.82) is 0 Å². The van der Waals surface area contributed by atoms with Crippen LogP contribution in [0.3, 0.4) is 0 Å². The zero-order chi connectivity index (χ0) is 28.2. The molecule has 1 amide bonds. The average molecular weight is 541 g/mol. The van der Waals surface area contributed by atoms with Gasteiger partial charge in [-0.05, 0) is 47.7 Å². The number of rotatable bonds is 8. The molecule has 2 heterocycles. The predicted molar refractivity (Wildman–Crippen MR) is 144 cm³/mol. The van der Waals surface area contributed by atoms with E-state index in [1.165, 1.54) is 6.07 Å². The Kier molecular flexibility index (Phi) is 8.32. The summed E-state index contributed by atoms with van der Waals surface area (Å²) in [7, 11) is 3.36. The molecule has 1 aliphatic rings. The first-order valence-electron chi connectivity index (χ1n) is 12.4. The number of hydrogen-bond acceptors (Lipinski definition) is 6. The summed E-state index contributed by atoms with van der Waals surface area (Å²) in [4.78, 5) is 22.7. The van der Waals surface area contributed by atoms with E-state index in [0.29, 0.717) is 54.7 Å². The van der Waals surface area contributed by atoms with Gasteiger partial charge in [0.05, 0.1) is 31.0 Å². The van der Waals surface area contributed by atoms with Crippen molar-refractivity contribution in [2.75, 3.05) is 51.8 Å². The Morgan fingerprint density at radius 1 is 1.18 bits per heavy atom. The number of halogens is 3. The summed E-state index contributed by atoms with van der Waals surface area (Å²) in [6, 6.07) is 10.9. The fraction of sp³-hybridized carbons (Fsp3) is 0.310. The number of aromatic nitrogens is 1. The van der Waals surface area contributed by atoms with Gasteiger partial charge in [0.2, 0.25) is 5.91 Å². The van der Waals surface area contributed by atoms with Gasteiger partial charge in [0.25, 0.3) is 0 Å². The van der Waals surface area contributed by atoms with Crippen LogP contribution in [0.5, 0.6) is 5.75 Å². The maximum atomic E-state index is 13.0. The van der Waals surface area contributed by atoms with Crippen LogP contribution in [0.15, 0.2) is 71.9 Å². The monoisotopic (exact) mass is 540 g/mol. The van der Waals surface area contributed by atoms with Crippen LogP contribution >= 0.6 is 0 Å². The second-order valence-electron chi connectivity index (χ2n) is 9.33. The van der Waals surface area contributed by atoms with E-state index in [1.807, 2.05) is 23.1 Å².